The molecule has 2 rings (SSSR count). The van der Waals surface area contributed by atoms with E-state index in [-0.39, 0.29) is 23.4 Å². The molecule has 1 atom stereocenters. The second-order valence-corrected chi connectivity index (χ2v) is 4.67. The Kier molecular flexibility index (Phi) is 4.58. The summed E-state index contributed by atoms with van der Waals surface area (Å²) in [5.41, 5.74) is 1.83. The number of halogens is 1. The Morgan fingerprint density at radius 3 is 2.70 bits per heavy atom. The molecule has 4 heteroatoms. The summed E-state index contributed by atoms with van der Waals surface area (Å²) in [6, 6.07) is 12.0. The van der Waals surface area contributed by atoms with Gasteiger partial charge in [0.2, 0.25) is 0 Å². The van der Waals surface area contributed by atoms with Crippen molar-refractivity contribution >= 4 is 0 Å². The van der Waals surface area contributed by atoms with Crippen molar-refractivity contribution in [3.8, 4) is 11.5 Å². The summed E-state index contributed by atoms with van der Waals surface area (Å²) in [4.78, 5) is 0. The molecule has 3 nitrogen and oxygen atoms in total. The van der Waals surface area contributed by atoms with E-state index in [1.807, 2.05) is 19.1 Å². The first-order valence-electron chi connectivity index (χ1n) is 6.45. The van der Waals surface area contributed by atoms with Gasteiger partial charge >= 0.3 is 0 Å². The van der Waals surface area contributed by atoms with Crippen LogP contribution in [0.3, 0.4) is 0 Å². The molecule has 0 aromatic heterocycles. The monoisotopic (exact) mass is 275 g/mol. The SMILES string of the molecule is COc1ccc(CNC(C)c2cccc(O)c2)cc1F. The van der Waals surface area contributed by atoms with Crippen LogP contribution in [-0.4, -0.2) is 12.2 Å². The quantitative estimate of drug-likeness (QED) is 0.879. The normalized spacial score (nSPS) is 12.2. The number of methoxy groups -OCH3 is 1. The summed E-state index contributed by atoms with van der Waals surface area (Å²) in [6.07, 6.45) is 0. The Hall–Kier alpha value is -2.07. The topological polar surface area (TPSA) is 41.5 Å². The van der Waals surface area contributed by atoms with Gasteiger partial charge in [0.15, 0.2) is 11.6 Å². The summed E-state index contributed by atoms with van der Waals surface area (Å²) < 4.78 is 18.4. The first kappa shape index (κ1) is 14.3. The molecule has 0 saturated heterocycles. The number of aromatic hydroxyl groups is 1. The number of rotatable bonds is 5. The van der Waals surface area contributed by atoms with Crippen molar-refractivity contribution in [3.05, 3.63) is 59.4 Å². The van der Waals surface area contributed by atoms with Crippen molar-refractivity contribution in [1.29, 1.82) is 0 Å². The Labute approximate surface area is 118 Å². The Balaban J connectivity index is 1.99. The number of phenols is 1. The third kappa shape index (κ3) is 3.48. The molecule has 0 heterocycles. The van der Waals surface area contributed by atoms with Crippen LogP contribution in [0.5, 0.6) is 11.5 Å². The minimum atomic E-state index is -0.364. The highest BCUT2D eigenvalue weighted by Crippen LogP contribution is 2.20. The van der Waals surface area contributed by atoms with E-state index < -0.39 is 0 Å². The molecule has 0 bridgehead atoms. The lowest BCUT2D eigenvalue weighted by Gasteiger charge is -2.15. The number of ether oxygens (including phenoxy) is 1. The zero-order valence-corrected chi connectivity index (χ0v) is 11.6. The fraction of sp³-hybridized carbons (Fsp3) is 0.250. The van der Waals surface area contributed by atoms with Crippen molar-refractivity contribution in [2.24, 2.45) is 0 Å². The van der Waals surface area contributed by atoms with Gasteiger partial charge in [-0.05, 0) is 42.3 Å². The van der Waals surface area contributed by atoms with Gasteiger partial charge in [-0.3, -0.25) is 0 Å². The molecule has 1 unspecified atom stereocenters. The van der Waals surface area contributed by atoms with Crippen LogP contribution in [0, 0.1) is 5.82 Å². The Morgan fingerprint density at radius 2 is 2.05 bits per heavy atom. The molecule has 2 N–H and O–H groups in total. The third-order valence-corrected chi connectivity index (χ3v) is 3.20. The lowest BCUT2D eigenvalue weighted by molar-refractivity contribution is 0.386. The molecule has 2 aromatic carbocycles. The molecular formula is C16H18FNO2. The number of benzene rings is 2. The van der Waals surface area contributed by atoms with E-state index >= 15 is 0 Å². The van der Waals surface area contributed by atoms with E-state index in [4.69, 9.17) is 4.74 Å². The Bertz CT molecular complexity index is 586. The lowest BCUT2D eigenvalue weighted by atomic mass is 10.1. The van der Waals surface area contributed by atoms with E-state index in [2.05, 4.69) is 5.32 Å². The smallest absolute Gasteiger partial charge is 0.165 e. The van der Waals surface area contributed by atoms with Gasteiger partial charge in [0, 0.05) is 12.6 Å². The maximum absolute atomic E-state index is 13.6. The van der Waals surface area contributed by atoms with Crippen molar-refractivity contribution in [3.63, 3.8) is 0 Å². The van der Waals surface area contributed by atoms with Gasteiger partial charge in [0.25, 0.3) is 0 Å². The first-order chi connectivity index (χ1) is 9.60. The predicted octanol–water partition coefficient (Wildman–Crippen LogP) is 3.39. The molecule has 0 aliphatic heterocycles. The maximum atomic E-state index is 13.6. The molecule has 0 saturated carbocycles. The third-order valence-electron chi connectivity index (χ3n) is 3.20. The average Bonchev–Trinajstić information content (AvgIpc) is 2.45. The molecule has 2 aromatic rings. The van der Waals surface area contributed by atoms with E-state index in [1.165, 1.54) is 13.2 Å². The fourth-order valence-corrected chi connectivity index (χ4v) is 2.00. The molecule has 0 aliphatic carbocycles. The largest absolute Gasteiger partial charge is 0.508 e. The van der Waals surface area contributed by atoms with Gasteiger partial charge in [0.05, 0.1) is 7.11 Å². The molecule has 0 aliphatic rings. The van der Waals surface area contributed by atoms with Gasteiger partial charge in [-0.15, -0.1) is 0 Å². The number of nitrogens with one attached hydrogen (secondary N) is 1. The Morgan fingerprint density at radius 1 is 1.25 bits per heavy atom. The lowest BCUT2D eigenvalue weighted by Crippen LogP contribution is -2.18. The van der Waals surface area contributed by atoms with Gasteiger partial charge in [0.1, 0.15) is 5.75 Å². The summed E-state index contributed by atoms with van der Waals surface area (Å²) >= 11 is 0. The van der Waals surface area contributed by atoms with Crippen LogP contribution in [0.4, 0.5) is 4.39 Å². The molecule has 106 valence electrons. The van der Waals surface area contributed by atoms with E-state index in [0.29, 0.717) is 6.54 Å². The van der Waals surface area contributed by atoms with Crippen LogP contribution in [0.15, 0.2) is 42.5 Å². The standard InChI is InChI=1S/C16H18FNO2/c1-11(13-4-3-5-14(19)9-13)18-10-12-6-7-16(20-2)15(17)8-12/h3-9,11,18-19H,10H2,1-2H3. The first-order valence-corrected chi connectivity index (χ1v) is 6.45. The molecule has 0 amide bonds. The second kappa shape index (κ2) is 6.39. The van der Waals surface area contributed by atoms with Gasteiger partial charge in [-0.2, -0.15) is 0 Å². The second-order valence-electron chi connectivity index (χ2n) is 4.67. The summed E-state index contributed by atoms with van der Waals surface area (Å²) in [6.45, 7) is 2.53. The van der Waals surface area contributed by atoms with E-state index in [9.17, 15) is 9.50 Å². The van der Waals surface area contributed by atoms with Crippen molar-refractivity contribution in [1.82, 2.24) is 5.32 Å². The maximum Gasteiger partial charge on any atom is 0.165 e. The van der Waals surface area contributed by atoms with Crippen LogP contribution >= 0.6 is 0 Å². The van der Waals surface area contributed by atoms with Gasteiger partial charge in [-0.25, -0.2) is 4.39 Å². The molecule has 0 radical (unpaired) electrons. The minimum absolute atomic E-state index is 0.0623. The van der Waals surface area contributed by atoms with E-state index in [0.717, 1.165) is 11.1 Å². The predicted molar refractivity (Wildman–Crippen MR) is 76.3 cm³/mol. The summed E-state index contributed by atoms with van der Waals surface area (Å²) in [5, 5.41) is 12.7. The zero-order chi connectivity index (χ0) is 14.5. The van der Waals surface area contributed by atoms with Gasteiger partial charge in [-0.1, -0.05) is 18.2 Å². The summed E-state index contributed by atoms with van der Waals surface area (Å²) in [5.74, 6) is 0.123. The molecular weight excluding hydrogens is 257 g/mol. The molecule has 20 heavy (non-hydrogen) atoms. The zero-order valence-electron chi connectivity index (χ0n) is 11.6. The molecule has 0 fully saturated rings. The van der Waals surface area contributed by atoms with Crippen LogP contribution in [0.25, 0.3) is 0 Å². The highest BCUT2D eigenvalue weighted by atomic mass is 19.1. The average molecular weight is 275 g/mol. The van der Waals surface area contributed by atoms with Crippen molar-refractivity contribution in [2.75, 3.05) is 7.11 Å². The van der Waals surface area contributed by atoms with Crippen LogP contribution in [0.1, 0.15) is 24.1 Å². The molecule has 0 spiro atoms. The fourth-order valence-electron chi connectivity index (χ4n) is 2.00. The van der Waals surface area contributed by atoms with Crippen LogP contribution in [-0.2, 0) is 6.54 Å². The van der Waals surface area contributed by atoms with Crippen LogP contribution in [0.2, 0.25) is 0 Å². The van der Waals surface area contributed by atoms with Gasteiger partial charge < -0.3 is 15.2 Å². The summed E-state index contributed by atoms with van der Waals surface area (Å²) in [7, 11) is 1.44. The number of hydrogen-bond donors (Lipinski definition) is 2. The highest BCUT2D eigenvalue weighted by molar-refractivity contribution is 5.31. The van der Waals surface area contributed by atoms with Crippen molar-refractivity contribution < 1.29 is 14.2 Å². The van der Waals surface area contributed by atoms with Crippen LogP contribution < -0.4 is 10.1 Å². The van der Waals surface area contributed by atoms with Crippen molar-refractivity contribution in [2.45, 2.75) is 19.5 Å². The van der Waals surface area contributed by atoms with E-state index in [1.54, 1.807) is 24.3 Å². The number of phenolic OH excluding ortho intramolecular Hbond substituents is 1. The highest BCUT2D eigenvalue weighted by Gasteiger charge is 2.07. The minimum Gasteiger partial charge on any atom is -0.508 e. The number of hydrogen-bond acceptors (Lipinski definition) is 3.